The van der Waals surface area contributed by atoms with E-state index in [2.05, 4.69) is 13.8 Å². The molecule has 0 N–H and O–H groups in total. The molecule has 1 aromatic carbocycles. The standard InChI is InChI=1S/C10H14O2S.2C2H6/c1-8(2)9-4-6-10(7-5-9)13(3,11)12;2*1-2/h4-8H,1-3H3;2*1-2H3. The van der Waals surface area contributed by atoms with Crippen molar-refractivity contribution >= 4 is 9.84 Å². The van der Waals surface area contributed by atoms with E-state index in [0.717, 1.165) is 5.56 Å². The third kappa shape index (κ3) is 7.16. The second kappa shape index (κ2) is 9.23. The number of benzene rings is 1. The van der Waals surface area contributed by atoms with Gasteiger partial charge in [-0.25, -0.2) is 8.42 Å². The molecule has 0 atom stereocenters. The normalized spacial score (nSPS) is 9.88. The van der Waals surface area contributed by atoms with Crippen molar-refractivity contribution in [3.63, 3.8) is 0 Å². The van der Waals surface area contributed by atoms with Crippen molar-refractivity contribution in [1.82, 2.24) is 0 Å². The molecule has 0 radical (unpaired) electrons. The molecule has 0 bridgehead atoms. The van der Waals surface area contributed by atoms with Crippen LogP contribution in [0.15, 0.2) is 29.2 Å². The van der Waals surface area contributed by atoms with Crippen molar-refractivity contribution in [2.45, 2.75) is 52.4 Å². The highest BCUT2D eigenvalue weighted by atomic mass is 32.2. The van der Waals surface area contributed by atoms with Crippen LogP contribution in [-0.4, -0.2) is 14.7 Å². The topological polar surface area (TPSA) is 34.1 Å². The minimum atomic E-state index is -3.05. The van der Waals surface area contributed by atoms with Crippen LogP contribution in [0.2, 0.25) is 0 Å². The lowest BCUT2D eigenvalue weighted by atomic mass is 10.0. The molecule has 0 saturated heterocycles. The van der Waals surface area contributed by atoms with Crippen LogP contribution >= 0.6 is 0 Å². The Kier molecular flexibility index (Phi) is 10.1. The number of sulfone groups is 1. The molecule has 2 nitrogen and oxygen atoms in total. The minimum absolute atomic E-state index is 0.386. The van der Waals surface area contributed by atoms with Crippen molar-refractivity contribution in [1.29, 1.82) is 0 Å². The van der Waals surface area contributed by atoms with Gasteiger partial charge < -0.3 is 0 Å². The first-order valence-electron chi connectivity index (χ1n) is 6.21. The lowest BCUT2D eigenvalue weighted by Gasteiger charge is -2.05. The Labute approximate surface area is 107 Å². The van der Waals surface area contributed by atoms with Crippen LogP contribution in [0.4, 0.5) is 0 Å². The maximum atomic E-state index is 11.1. The monoisotopic (exact) mass is 258 g/mol. The fourth-order valence-electron chi connectivity index (χ4n) is 1.10. The number of hydrogen-bond donors (Lipinski definition) is 0. The Morgan fingerprint density at radius 1 is 0.882 bits per heavy atom. The maximum Gasteiger partial charge on any atom is 0.175 e. The predicted octanol–water partition coefficient (Wildman–Crippen LogP) is 4.27. The van der Waals surface area contributed by atoms with Crippen molar-refractivity contribution in [3.05, 3.63) is 29.8 Å². The molecule has 0 heterocycles. The Balaban J connectivity index is 0. The second-order valence-corrected chi connectivity index (χ2v) is 5.51. The van der Waals surface area contributed by atoms with E-state index in [1.165, 1.54) is 6.26 Å². The van der Waals surface area contributed by atoms with Gasteiger partial charge in [-0.2, -0.15) is 0 Å². The minimum Gasteiger partial charge on any atom is -0.224 e. The highest BCUT2D eigenvalue weighted by molar-refractivity contribution is 7.90. The first-order chi connectivity index (χ1) is 7.91. The van der Waals surface area contributed by atoms with E-state index < -0.39 is 9.84 Å². The molecule has 0 spiro atoms. The van der Waals surface area contributed by atoms with Gasteiger partial charge in [0, 0.05) is 6.26 Å². The molecule has 0 aromatic heterocycles. The molecule has 1 rings (SSSR count). The third-order valence-electron chi connectivity index (χ3n) is 1.97. The van der Waals surface area contributed by atoms with E-state index >= 15 is 0 Å². The van der Waals surface area contributed by atoms with E-state index in [4.69, 9.17) is 0 Å². The molecule has 0 aliphatic heterocycles. The second-order valence-electron chi connectivity index (χ2n) is 3.50. The zero-order valence-electron chi connectivity index (χ0n) is 12.1. The maximum absolute atomic E-state index is 11.1. The fraction of sp³-hybridized carbons (Fsp3) is 0.571. The third-order valence-corrected chi connectivity index (χ3v) is 3.10. The van der Waals surface area contributed by atoms with E-state index in [9.17, 15) is 8.42 Å². The summed E-state index contributed by atoms with van der Waals surface area (Å²) in [4.78, 5) is 0.386. The van der Waals surface area contributed by atoms with Crippen molar-refractivity contribution in [2.24, 2.45) is 0 Å². The van der Waals surface area contributed by atoms with Crippen LogP contribution in [0.1, 0.15) is 53.0 Å². The molecule has 0 amide bonds. The first-order valence-corrected chi connectivity index (χ1v) is 8.10. The summed E-state index contributed by atoms with van der Waals surface area (Å²) in [6.45, 7) is 12.2. The SMILES string of the molecule is CC.CC.CC(C)c1ccc(S(C)(=O)=O)cc1. The largest absolute Gasteiger partial charge is 0.224 e. The highest BCUT2D eigenvalue weighted by Gasteiger charge is 2.06. The summed E-state index contributed by atoms with van der Waals surface area (Å²) in [5, 5.41) is 0. The Morgan fingerprint density at radius 3 is 1.47 bits per heavy atom. The quantitative estimate of drug-likeness (QED) is 0.794. The van der Waals surface area contributed by atoms with Gasteiger partial charge in [0.2, 0.25) is 0 Å². The summed E-state index contributed by atoms with van der Waals surface area (Å²) in [7, 11) is -3.05. The highest BCUT2D eigenvalue weighted by Crippen LogP contribution is 2.16. The van der Waals surface area contributed by atoms with Crippen molar-refractivity contribution < 1.29 is 8.42 Å². The fourth-order valence-corrected chi connectivity index (χ4v) is 1.73. The van der Waals surface area contributed by atoms with Gasteiger partial charge in [0.1, 0.15) is 0 Å². The molecule has 0 unspecified atom stereocenters. The molecular formula is C14H26O2S. The zero-order chi connectivity index (χ0) is 14.1. The molecule has 0 saturated carbocycles. The van der Waals surface area contributed by atoms with E-state index in [1.54, 1.807) is 12.1 Å². The van der Waals surface area contributed by atoms with Crippen LogP contribution in [0, 0.1) is 0 Å². The van der Waals surface area contributed by atoms with Gasteiger partial charge in [0.25, 0.3) is 0 Å². The van der Waals surface area contributed by atoms with Gasteiger partial charge >= 0.3 is 0 Å². The molecule has 0 aliphatic rings. The van der Waals surface area contributed by atoms with Crippen LogP contribution in [0.5, 0.6) is 0 Å². The Hall–Kier alpha value is -0.830. The van der Waals surface area contributed by atoms with Crippen LogP contribution in [-0.2, 0) is 9.84 Å². The molecule has 0 fully saturated rings. The van der Waals surface area contributed by atoms with Gasteiger partial charge in [-0.1, -0.05) is 53.7 Å². The average Bonchev–Trinajstić information content (AvgIpc) is 2.33. The summed E-state index contributed by atoms with van der Waals surface area (Å²) in [6.07, 6.45) is 1.22. The molecule has 0 aliphatic carbocycles. The molecule has 100 valence electrons. The molecule has 1 aromatic rings. The molecular weight excluding hydrogens is 232 g/mol. The lowest BCUT2D eigenvalue weighted by molar-refractivity contribution is 0.602. The Bertz CT molecular complexity index is 375. The first kappa shape index (κ1) is 18.5. The summed E-state index contributed by atoms with van der Waals surface area (Å²) in [5.41, 5.74) is 1.16. The molecule has 3 heteroatoms. The summed E-state index contributed by atoms with van der Waals surface area (Å²) >= 11 is 0. The number of rotatable bonds is 2. The lowest BCUT2D eigenvalue weighted by Crippen LogP contribution is -1.97. The van der Waals surface area contributed by atoms with Gasteiger partial charge in [-0.15, -0.1) is 0 Å². The zero-order valence-corrected chi connectivity index (χ0v) is 12.9. The van der Waals surface area contributed by atoms with Crippen LogP contribution in [0.25, 0.3) is 0 Å². The van der Waals surface area contributed by atoms with Gasteiger partial charge in [-0.3, -0.25) is 0 Å². The average molecular weight is 258 g/mol. The predicted molar refractivity (Wildman–Crippen MR) is 76.3 cm³/mol. The van der Waals surface area contributed by atoms with Crippen LogP contribution < -0.4 is 0 Å². The summed E-state index contributed by atoms with van der Waals surface area (Å²) in [6, 6.07) is 7.04. The van der Waals surface area contributed by atoms with Crippen molar-refractivity contribution in [2.75, 3.05) is 6.26 Å². The summed E-state index contributed by atoms with van der Waals surface area (Å²) in [5.74, 6) is 0.439. The Morgan fingerprint density at radius 2 is 1.24 bits per heavy atom. The smallest absolute Gasteiger partial charge is 0.175 e. The summed E-state index contributed by atoms with van der Waals surface area (Å²) < 4.78 is 22.2. The van der Waals surface area contributed by atoms with Crippen molar-refractivity contribution in [3.8, 4) is 0 Å². The van der Waals surface area contributed by atoms with E-state index in [1.807, 2.05) is 39.8 Å². The van der Waals surface area contributed by atoms with Gasteiger partial charge in [0.15, 0.2) is 9.84 Å². The molecule has 17 heavy (non-hydrogen) atoms. The van der Waals surface area contributed by atoms with Gasteiger partial charge in [-0.05, 0) is 23.6 Å². The van der Waals surface area contributed by atoms with Gasteiger partial charge in [0.05, 0.1) is 4.90 Å². The number of hydrogen-bond acceptors (Lipinski definition) is 2. The van der Waals surface area contributed by atoms with E-state index in [0.29, 0.717) is 10.8 Å². The van der Waals surface area contributed by atoms with E-state index in [-0.39, 0.29) is 0 Å². The van der Waals surface area contributed by atoms with Crippen LogP contribution in [0.3, 0.4) is 0 Å².